The van der Waals surface area contributed by atoms with Crippen molar-refractivity contribution in [3.05, 3.63) is 12.4 Å². The van der Waals surface area contributed by atoms with Gasteiger partial charge < -0.3 is 10.6 Å². The molecule has 1 saturated carbocycles. The average Bonchev–Trinajstić information content (AvgIpc) is 2.97. The van der Waals surface area contributed by atoms with Crippen molar-refractivity contribution in [2.24, 2.45) is 5.92 Å². The summed E-state index contributed by atoms with van der Waals surface area (Å²) in [6.07, 6.45) is 7.70. The van der Waals surface area contributed by atoms with E-state index in [1.807, 2.05) is 10.9 Å². The van der Waals surface area contributed by atoms with Gasteiger partial charge in [-0.3, -0.25) is 4.68 Å². The first-order valence-electron chi connectivity index (χ1n) is 6.28. The molecule has 0 radical (unpaired) electrons. The monoisotopic (exact) mass is 222 g/mol. The van der Waals surface area contributed by atoms with Gasteiger partial charge in [0, 0.05) is 19.3 Å². The smallest absolute Gasteiger partial charge is 0.0719 e. The fourth-order valence-electron chi connectivity index (χ4n) is 2.02. The molecule has 1 aliphatic carbocycles. The zero-order valence-electron chi connectivity index (χ0n) is 10.1. The number of nitrogen functional groups attached to an aromatic ring is 1. The van der Waals surface area contributed by atoms with Crippen LogP contribution in [0, 0.1) is 5.92 Å². The van der Waals surface area contributed by atoms with Crippen molar-refractivity contribution in [1.82, 2.24) is 14.7 Å². The summed E-state index contributed by atoms with van der Waals surface area (Å²) in [6, 6.07) is 0. The van der Waals surface area contributed by atoms with Crippen LogP contribution in [0.5, 0.6) is 0 Å². The van der Waals surface area contributed by atoms with Crippen LogP contribution in [0.15, 0.2) is 12.4 Å². The number of nitrogens with two attached hydrogens (primary N) is 1. The molecule has 0 aliphatic heterocycles. The number of hydrogen-bond donors (Lipinski definition) is 1. The van der Waals surface area contributed by atoms with Crippen LogP contribution < -0.4 is 5.73 Å². The Morgan fingerprint density at radius 2 is 2.31 bits per heavy atom. The molecule has 0 saturated heterocycles. The van der Waals surface area contributed by atoms with Crippen molar-refractivity contribution in [1.29, 1.82) is 0 Å². The third kappa shape index (κ3) is 3.52. The standard InChI is InChI=1S/C12H22N4/c1-2-5-15(9-11-3-4-11)6-7-16-10-12(13)8-14-16/h8,10-11H,2-7,9,13H2,1H3. The lowest BCUT2D eigenvalue weighted by atomic mass is 10.3. The van der Waals surface area contributed by atoms with E-state index in [9.17, 15) is 0 Å². The normalized spacial score (nSPS) is 15.9. The van der Waals surface area contributed by atoms with Gasteiger partial charge in [0.2, 0.25) is 0 Å². The van der Waals surface area contributed by atoms with Gasteiger partial charge in [-0.1, -0.05) is 6.92 Å². The van der Waals surface area contributed by atoms with E-state index in [1.165, 1.54) is 32.4 Å². The van der Waals surface area contributed by atoms with Crippen LogP contribution in [0.25, 0.3) is 0 Å². The molecule has 1 heterocycles. The highest BCUT2D eigenvalue weighted by atomic mass is 15.3. The van der Waals surface area contributed by atoms with Gasteiger partial charge in [-0.15, -0.1) is 0 Å². The van der Waals surface area contributed by atoms with Gasteiger partial charge in [0.15, 0.2) is 0 Å². The molecule has 2 rings (SSSR count). The largest absolute Gasteiger partial charge is 0.396 e. The van der Waals surface area contributed by atoms with Gasteiger partial charge in [-0.2, -0.15) is 5.10 Å². The molecule has 16 heavy (non-hydrogen) atoms. The minimum Gasteiger partial charge on any atom is -0.396 e. The van der Waals surface area contributed by atoms with E-state index in [2.05, 4.69) is 16.9 Å². The third-order valence-electron chi connectivity index (χ3n) is 3.05. The molecule has 90 valence electrons. The number of anilines is 1. The Kier molecular flexibility index (Phi) is 3.83. The van der Waals surface area contributed by atoms with Crippen LogP contribution in [0.2, 0.25) is 0 Å². The zero-order chi connectivity index (χ0) is 11.4. The Balaban J connectivity index is 1.75. The molecule has 0 amide bonds. The Hall–Kier alpha value is -1.03. The molecule has 1 fully saturated rings. The van der Waals surface area contributed by atoms with E-state index < -0.39 is 0 Å². The lowest BCUT2D eigenvalue weighted by Gasteiger charge is -2.21. The van der Waals surface area contributed by atoms with Crippen molar-refractivity contribution in [3.8, 4) is 0 Å². The highest BCUT2D eigenvalue weighted by Gasteiger charge is 2.23. The Labute approximate surface area is 97.4 Å². The van der Waals surface area contributed by atoms with Crippen LogP contribution in [0.3, 0.4) is 0 Å². The zero-order valence-corrected chi connectivity index (χ0v) is 10.1. The minimum atomic E-state index is 0.754. The molecule has 0 aromatic carbocycles. The first-order valence-corrected chi connectivity index (χ1v) is 6.28. The fourth-order valence-corrected chi connectivity index (χ4v) is 2.02. The number of nitrogens with zero attached hydrogens (tertiary/aromatic N) is 3. The van der Waals surface area contributed by atoms with E-state index in [4.69, 9.17) is 5.73 Å². The van der Waals surface area contributed by atoms with Gasteiger partial charge in [0.1, 0.15) is 0 Å². The van der Waals surface area contributed by atoms with Crippen LogP contribution in [-0.4, -0.2) is 34.3 Å². The Bertz CT molecular complexity index is 317. The third-order valence-corrected chi connectivity index (χ3v) is 3.05. The van der Waals surface area contributed by atoms with Gasteiger partial charge in [-0.25, -0.2) is 0 Å². The average molecular weight is 222 g/mol. The maximum absolute atomic E-state index is 5.64. The van der Waals surface area contributed by atoms with Crippen molar-refractivity contribution in [2.75, 3.05) is 25.4 Å². The molecule has 0 unspecified atom stereocenters. The molecule has 4 heteroatoms. The van der Waals surface area contributed by atoms with Gasteiger partial charge in [-0.05, 0) is 31.7 Å². The summed E-state index contributed by atoms with van der Waals surface area (Å²) in [5, 5.41) is 4.21. The molecule has 1 aliphatic rings. The van der Waals surface area contributed by atoms with Gasteiger partial charge in [0.25, 0.3) is 0 Å². The number of aromatic nitrogens is 2. The molecular formula is C12H22N4. The van der Waals surface area contributed by atoms with Crippen LogP contribution in [-0.2, 0) is 6.54 Å². The summed E-state index contributed by atoms with van der Waals surface area (Å²) in [4.78, 5) is 2.55. The SMILES string of the molecule is CCCN(CCn1cc(N)cn1)CC1CC1. The second kappa shape index (κ2) is 5.34. The number of rotatable bonds is 7. The van der Waals surface area contributed by atoms with E-state index in [1.54, 1.807) is 6.20 Å². The van der Waals surface area contributed by atoms with Crippen molar-refractivity contribution < 1.29 is 0 Å². The van der Waals surface area contributed by atoms with Gasteiger partial charge in [0.05, 0.1) is 18.4 Å². The van der Waals surface area contributed by atoms with Crippen LogP contribution in [0.1, 0.15) is 26.2 Å². The van der Waals surface area contributed by atoms with Crippen LogP contribution >= 0.6 is 0 Å². The van der Waals surface area contributed by atoms with Crippen molar-refractivity contribution in [2.45, 2.75) is 32.7 Å². The predicted molar refractivity (Wildman–Crippen MR) is 66.1 cm³/mol. The van der Waals surface area contributed by atoms with Crippen molar-refractivity contribution >= 4 is 5.69 Å². The highest BCUT2D eigenvalue weighted by molar-refractivity contribution is 5.30. The first kappa shape index (κ1) is 11.5. The summed E-state index contributed by atoms with van der Waals surface area (Å²) in [5.74, 6) is 0.967. The Morgan fingerprint density at radius 3 is 2.88 bits per heavy atom. The summed E-state index contributed by atoms with van der Waals surface area (Å²) in [5.41, 5.74) is 6.39. The topological polar surface area (TPSA) is 47.1 Å². The second-order valence-electron chi connectivity index (χ2n) is 4.78. The molecular weight excluding hydrogens is 200 g/mol. The molecule has 4 nitrogen and oxygen atoms in total. The van der Waals surface area contributed by atoms with Crippen molar-refractivity contribution in [3.63, 3.8) is 0 Å². The maximum Gasteiger partial charge on any atom is 0.0719 e. The molecule has 0 bridgehead atoms. The van der Waals surface area contributed by atoms with E-state index in [-0.39, 0.29) is 0 Å². The molecule has 1 aromatic rings. The second-order valence-corrected chi connectivity index (χ2v) is 4.78. The predicted octanol–water partition coefficient (Wildman–Crippen LogP) is 1.59. The maximum atomic E-state index is 5.64. The molecule has 2 N–H and O–H groups in total. The molecule has 0 atom stereocenters. The van der Waals surface area contributed by atoms with E-state index >= 15 is 0 Å². The van der Waals surface area contributed by atoms with E-state index in [0.717, 1.165) is 24.7 Å². The fraction of sp³-hybridized carbons (Fsp3) is 0.750. The quantitative estimate of drug-likeness (QED) is 0.762. The first-order chi connectivity index (χ1) is 7.78. The Morgan fingerprint density at radius 1 is 1.50 bits per heavy atom. The van der Waals surface area contributed by atoms with Gasteiger partial charge >= 0.3 is 0 Å². The lowest BCUT2D eigenvalue weighted by molar-refractivity contribution is 0.249. The van der Waals surface area contributed by atoms with E-state index in [0.29, 0.717) is 0 Å². The summed E-state index contributed by atoms with van der Waals surface area (Å²) in [7, 11) is 0. The summed E-state index contributed by atoms with van der Waals surface area (Å²) >= 11 is 0. The molecule has 0 spiro atoms. The number of hydrogen-bond acceptors (Lipinski definition) is 3. The van der Waals surface area contributed by atoms with Crippen LogP contribution in [0.4, 0.5) is 5.69 Å². The summed E-state index contributed by atoms with van der Waals surface area (Å²) < 4.78 is 1.94. The molecule has 1 aromatic heterocycles. The summed E-state index contributed by atoms with van der Waals surface area (Å²) in [6.45, 7) is 6.75. The minimum absolute atomic E-state index is 0.754. The highest BCUT2D eigenvalue weighted by Crippen LogP contribution is 2.29. The lowest BCUT2D eigenvalue weighted by Crippen LogP contribution is -2.30.